The third-order valence-corrected chi connectivity index (χ3v) is 5.12. The molecule has 1 aromatic rings. The molecular weight excluding hydrogens is 366 g/mol. The van der Waals surface area contributed by atoms with E-state index >= 15 is 0 Å². The van der Waals surface area contributed by atoms with Gasteiger partial charge >= 0.3 is 15.2 Å². The van der Waals surface area contributed by atoms with Crippen LogP contribution in [-0.2, 0) is 27.2 Å². The molecule has 0 radical (unpaired) electrons. The summed E-state index contributed by atoms with van der Waals surface area (Å²) in [5, 5.41) is 8.63. The molecule has 0 spiro atoms. The highest BCUT2D eigenvalue weighted by molar-refractivity contribution is 7.53. The molecule has 7 nitrogen and oxygen atoms in total. The van der Waals surface area contributed by atoms with Gasteiger partial charge in [0.25, 0.3) is 0 Å². The van der Waals surface area contributed by atoms with Gasteiger partial charge in [-0.2, -0.15) is 0 Å². The molecule has 0 fully saturated rings. The zero-order chi connectivity index (χ0) is 19.8. The van der Waals surface area contributed by atoms with Gasteiger partial charge in [-0.3, -0.25) is 9.13 Å². The van der Waals surface area contributed by atoms with Crippen molar-refractivity contribution in [3.05, 3.63) is 30.3 Å². The Bertz CT molecular complexity index is 460. The van der Waals surface area contributed by atoms with E-state index in [0.717, 1.165) is 0 Å². The maximum atomic E-state index is 11.0. The summed E-state index contributed by atoms with van der Waals surface area (Å²) in [7, 11) is -5.39. The van der Waals surface area contributed by atoms with Crippen LogP contribution < -0.4 is 0 Å². The summed E-state index contributed by atoms with van der Waals surface area (Å²) in [4.78, 5) is 0. The Labute approximate surface area is 151 Å². The van der Waals surface area contributed by atoms with Gasteiger partial charge < -0.3 is 23.2 Å². The lowest BCUT2D eigenvalue weighted by Crippen LogP contribution is -1.92. The Morgan fingerprint density at radius 1 is 0.720 bits per heavy atom. The van der Waals surface area contributed by atoms with E-state index in [1.807, 2.05) is 6.07 Å². The molecule has 148 valence electrons. The van der Waals surface area contributed by atoms with Crippen molar-refractivity contribution in [2.45, 2.75) is 27.7 Å². The van der Waals surface area contributed by atoms with Crippen molar-refractivity contribution in [3.63, 3.8) is 0 Å². The van der Waals surface area contributed by atoms with Crippen molar-refractivity contribution in [1.29, 1.82) is 0 Å². The van der Waals surface area contributed by atoms with Crippen molar-refractivity contribution in [1.82, 2.24) is 0 Å². The lowest BCUT2D eigenvalue weighted by molar-refractivity contribution is 0.224. The van der Waals surface area contributed by atoms with Gasteiger partial charge in [0.2, 0.25) is 0 Å². The third-order valence-electron chi connectivity index (χ3n) is 2.21. The summed E-state index contributed by atoms with van der Waals surface area (Å²) < 4.78 is 41.2. The molecule has 0 aliphatic heterocycles. The summed E-state index contributed by atoms with van der Waals surface area (Å²) in [6.45, 7) is 11.8. The first-order valence-electron chi connectivity index (χ1n) is 8.11. The van der Waals surface area contributed by atoms with Gasteiger partial charge in [-0.15, -0.1) is 0 Å². The second-order valence-corrected chi connectivity index (χ2v) is 8.67. The minimum atomic E-state index is -2.69. The Balaban J connectivity index is 0. The number of hydrogen-bond donors (Lipinski definition) is 1. The summed E-state index contributed by atoms with van der Waals surface area (Å²) in [6.07, 6.45) is 0. The highest BCUT2D eigenvalue weighted by Gasteiger charge is 2.13. The van der Waals surface area contributed by atoms with Crippen LogP contribution in [0.2, 0.25) is 0 Å². The van der Waals surface area contributed by atoms with Gasteiger partial charge in [0.05, 0.1) is 26.4 Å². The van der Waals surface area contributed by atoms with Crippen LogP contribution in [0.3, 0.4) is 0 Å². The molecule has 0 amide bonds. The standard InChI is InChI=1S/C6H6O.2C5H13O3P/c7-6-4-2-1-3-5-6;2*1-4-7-9(3,6)8-5-2/h1-5,7H;2*4-5H2,1-3H3. The van der Waals surface area contributed by atoms with Crippen molar-refractivity contribution >= 4 is 15.2 Å². The van der Waals surface area contributed by atoms with Crippen molar-refractivity contribution in [2.75, 3.05) is 39.8 Å². The molecule has 25 heavy (non-hydrogen) atoms. The quantitative estimate of drug-likeness (QED) is 0.605. The van der Waals surface area contributed by atoms with Crippen molar-refractivity contribution < 1.29 is 32.3 Å². The number of hydrogen-bond acceptors (Lipinski definition) is 7. The van der Waals surface area contributed by atoms with E-state index in [4.69, 9.17) is 23.2 Å². The van der Waals surface area contributed by atoms with Crippen LogP contribution in [0.25, 0.3) is 0 Å². The zero-order valence-electron chi connectivity index (χ0n) is 16.0. The summed E-state index contributed by atoms with van der Waals surface area (Å²) in [6, 6.07) is 8.71. The first kappa shape index (κ1) is 26.5. The molecule has 0 saturated carbocycles. The van der Waals surface area contributed by atoms with E-state index in [-0.39, 0.29) is 0 Å². The number of aromatic hydroxyl groups is 1. The van der Waals surface area contributed by atoms with Crippen molar-refractivity contribution in [3.8, 4) is 5.75 Å². The van der Waals surface area contributed by atoms with Gasteiger partial charge in [-0.1, -0.05) is 18.2 Å². The average Bonchev–Trinajstić information content (AvgIpc) is 2.49. The predicted octanol–water partition coefficient (Wildman–Crippen LogP) is 5.16. The first-order valence-corrected chi connectivity index (χ1v) is 12.1. The van der Waals surface area contributed by atoms with E-state index in [9.17, 15) is 9.13 Å². The van der Waals surface area contributed by atoms with Crippen LogP contribution >= 0.6 is 15.2 Å². The Morgan fingerprint density at radius 2 is 1.00 bits per heavy atom. The molecule has 0 aromatic heterocycles. The van der Waals surface area contributed by atoms with Crippen LogP contribution in [0.1, 0.15) is 27.7 Å². The third kappa shape index (κ3) is 19.5. The van der Waals surface area contributed by atoms with Crippen LogP contribution in [-0.4, -0.2) is 44.9 Å². The van der Waals surface area contributed by atoms with E-state index in [1.165, 1.54) is 13.3 Å². The smallest absolute Gasteiger partial charge is 0.327 e. The number of phenols is 1. The number of benzene rings is 1. The molecule has 0 aliphatic rings. The predicted molar refractivity (Wildman–Crippen MR) is 102 cm³/mol. The minimum Gasteiger partial charge on any atom is -0.508 e. The van der Waals surface area contributed by atoms with Crippen molar-refractivity contribution in [2.24, 2.45) is 0 Å². The largest absolute Gasteiger partial charge is 0.508 e. The lowest BCUT2D eigenvalue weighted by Gasteiger charge is -2.10. The summed E-state index contributed by atoms with van der Waals surface area (Å²) in [5.74, 6) is 0.322. The van der Waals surface area contributed by atoms with Gasteiger partial charge in [0, 0.05) is 13.3 Å². The van der Waals surface area contributed by atoms with Gasteiger partial charge in [0.15, 0.2) is 0 Å². The maximum absolute atomic E-state index is 11.0. The SMILES string of the molecule is CCOP(C)(=O)OCC.CCOP(C)(=O)OCC.Oc1ccccc1. The van der Waals surface area contributed by atoms with Crippen LogP contribution in [0.4, 0.5) is 0 Å². The number of para-hydroxylation sites is 1. The monoisotopic (exact) mass is 398 g/mol. The molecule has 0 atom stereocenters. The van der Waals surface area contributed by atoms with E-state index < -0.39 is 15.2 Å². The molecule has 0 heterocycles. The number of rotatable bonds is 8. The second-order valence-electron chi connectivity index (χ2n) is 4.55. The summed E-state index contributed by atoms with van der Waals surface area (Å²) in [5.41, 5.74) is 0. The molecule has 1 rings (SSSR count). The lowest BCUT2D eigenvalue weighted by atomic mass is 10.3. The number of phenolic OH excluding ortho intramolecular Hbond substituents is 1. The fraction of sp³-hybridized carbons (Fsp3) is 0.625. The molecule has 1 aromatic carbocycles. The Kier molecular flexibility index (Phi) is 16.5. The Hall–Kier alpha value is -0.680. The van der Waals surface area contributed by atoms with E-state index in [1.54, 1.807) is 52.0 Å². The second kappa shape index (κ2) is 15.6. The first-order chi connectivity index (χ1) is 11.6. The van der Waals surface area contributed by atoms with E-state index in [2.05, 4.69) is 0 Å². The van der Waals surface area contributed by atoms with Crippen LogP contribution in [0.15, 0.2) is 30.3 Å². The van der Waals surface area contributed by atoms with Gasteiger partial charge in [0.1, 0.15) is 5.75 Å². The molecule has 0 aliphatic carbocycles. The molecule has 9 heteroatoms. The van der Waals surface area contributed by atoms with Crippen LogP contribution in [0, 0.1) is 0 Å². The van der Waals surface area contributed by atoms with Gasteiger partial charge in [-0.05, 0) is 39.8 Å². The summed E-state index contributed by atoms with van der Waals surface area (Å²) >= 11 is 0. The van der Waals surface area contributed by atoms with Gasteiger partial charge in [-0.25, -0.2) is 0 Å². The normalized spacial score (nSPS) is 11.0. The molecule has 0 bridgehead atoms. The van der Waals surface area contributed by atoms with Crippen LogP contribution in [0.5, 0.6) is 5.75 Å². The Morgan fingerprint density at radius 3 is 1.16 bits per heavy atom. The highest BCUT2D eigenvalue weighted by atomic mass is 31.2. The minimum absolute atomic E-state index is 0.322. The zero-order valence-corrected chi connectivity index (χ0v) is 17.8. The molecule has 0 unspecified atom stereocenters. The molecule has 0 saturated heterocycles. The molecule has 1 N–H and O–H groups in total. The fourth-order valence-corrected chi connectivity index (χ4v) is 3.47. The molecular formula is C16H32O7P2. The highest BCUT2D eigenvalue weighted by Crippen LogP contribution is 2.43. The van der Waals surface area contributed by atoms with E-state index in [0.29, 0.717) is 32.2 Å². The average molecular weight is 398 g/mol. The fourth-order valence-electron chi connectivity index (χ4n) is 1.44. The topological polar surface area (TPSA) is 91.3 Å². The maximum Gasteiger partial charge on any atom is 0.327 e.